The van der Waals surface area contributed by atoms with Gasteiger partial charge in [-0.15, -0.1) is 0 Å². The van der Waals surface area contributed by atoms with E-state index in [1.165, 1.54) is 0 Å². The molecule has 0 amide bonds. The molecule has 0 fully saturated rings. The van der Waals surface area contributed by atoms with E-state index < -0.39 is 20.3 Å². The highest BCUT2D eigenvalue weighted by molar-refractivity contribution is 7.62. The van der Waals surface area contributed by atoms with E-state index in [1.807, 2.05) is 18.2 Å². The minimum Gasteiger partial charge on any atom is -0.420 e. The maximum Gasteiger partial charge on any atom is 0.385 e. The minimum atomic E-state index is -3.69. The van der Waals surface area contributed by atoms with Gasteiger partial charge in [0, 0.05) is 12.1 Å². The summed E-state index contributed by atoms with van der Waals surface area (Å²) < 4.78 is 29.4. The first-order valence-electron chi connectivity index (χ1n) is 8.02. The van der Waals surface area contributed by atoms with E-state index in [2.05, 4.69) is 10.3 Å². The Hall–Kier alpha value is -1.70. The number of hydrogen-bond acceptors (Lipinski definition) is 8. The van der Waals surface area contributed by atoms with Crippen LogP contribution in [0.4, 0.5) is 5.88 Å². The zero-order valence-electron chi connectivity index (χ0n) is 14.2. The van der Waals surface area contributed by atoms with Gasteiger partial charge in [0.2, 0.25) is 17.2 Å². The molecule has 0 spiro atoms. The molecule has 9 heteroatoms. The molecule has 1 atom stereocenters. The topological polar surface area (TPSA) is 114 Å². The second kappa shape index (κ2) is 9.12. The number of hydrogen-bond donors (Lipinski definition) is 3. The summed E-state index contributed by atoms with van der Waals surface area (Å²) in [5.41, 5.74) is 0.708. The molecule has 25 heavy (non-hydrogen) atoms. The fourth-order valence-electron chi connectivity index (χ4n) is 2.09. The molecule has 2 rings (SSSR count). The van der Waals surface area contributed by atoms with Gasteiger partial charge >= 0.3 is 7.60 Å². The molecule has 0 saturated heterocycles. The first kappa shape index (κ1) is 19.6. The largest absolute Gasteiger partial charge is 0.420 e. The van der Waals surface area contributed by atoms with Crippen molar-refractivity contribution in [3.63, 3.8) is 0 Å². The van der Waals surface area contributed by atoms with Gasteiger partial charge in [-0.3, -0.25) is 4.57 Å². The zero-order chi connectivity index (χ0) is 18.3. The number of rotatable bonds is 10. The number of aliphatic hydroxyl groups excluding tert-OH is 2. The Morgan fingerprint density at radius 1 is 1.24 bits per heavy atom. The predicted molar refractivity (Wildman–Crippen MR) is 94.0 cm³/mol. The number of benzene rings is 1. The maximum atomic E-state index is 13.1. The molecule has 0 saturated carbocycles. The second-order valence-electron chi connectivity index (χ2n) is 5.09. The van der Waals surface area contributed by atoms with Crippen LogP contribution in [0.5, 0.6) is 0 Å². The van der Waals surface area contributed by atoms with E-state index in [9.17, 15) is 9.67 Å². The van der Waals surface area contributed by atoms with Crippen molar-refractivity contribution < 1.29 is 28.2 Å². The van der Waals surface area contributed by atoms with Crippen LogP contribution in [0.15, 0.2) is 34.7 Å². The normalized spacial score (nSPS) is 13.0. The SMILES string of the molecule is CCOP(=O)(OCC)c1nc(-c2ccccc2)oc1NCC(O)CO. The van der Waals surface area contributed by atoms with Crippen molar-refractivity contribution in [3.8, 4) is 11.5 Å². The molecule has 1 unspecified atom stereocenters. The van der Waals surface area contributed by atoms with Gasteiger partial charge in [-0.05, 0) is 26.0 Å². The minimum absolute atomic E-state index is 0.00876. The number of nitrogens with one attached hydrogen (secondary N) is 1. The summed E-state index contributed by atoms with van der Waals surface area (Å²) in [7, 11) is -3.69. The van der Waals surface area contributed by atoms with Crippen LogP contribution in [0.25, 0.3) is 11.5 Å². The van der Waals surface area contributed by atoms with Gasteiger partial charge in [0.1, 0.15) is 0 Å². The summed E-state index contributed by atoms with van der Waals surface area (Å²) in [5, 5.41) is 21.3. The fraction of sp³-hybridized carbons (Fsp3) is 0.438. The highest BCUT2D eigenvalue weighted by atomic mass is 31.2. The summed E-state index contributed by atoms with van der Waals surface area (Å²) in [6.45, 7) is 3.31. The Labute approximate surface area is 146 Å². The highest BCUT2D eigenvalue weighted by Gasteiger charge is 2.35. The summed E-state index contributed by atoms with van der Waals surface area (Å²) in [4.78, 5) is 4.31. The molecular formula is C16H23N2O6P. The third-order valence-electron chi connectivity index (χ3n) is 3.20. The van der Waals surface area contributed by atoms with Crippen LogP contribution < -0.4 is 10.8 Å². The number of aliphatic hydroxyl groups is 2. The third-order valence-corrected chi connectivity index (χ3v) is 5.21. The molecule has 0 aliphatic rings. The van der Waals surface area contributed by atoms with E-state index >= 15 is 0 Å². The van der Waals surface area contributed by atoms with E-state index in [1.54, 1.807) is 26.0 Å². The van der Waals surface area contributed by atoms with Gasteiger partial charge in [0.15, 0.2) is 0 Å². The van der Waals surface area contributed by atoms with Crippen molar-refractivity contribution in [2.75, 3.05) is 31.7 Å². The molecule has 0 aliphatic carbocycles. The highest BCUT2D eigenvalue weighted by Crippen LogP contribution is 2.49. The van der Waals surface area contributed by atoms with Crippen LogP contribution in [0.2, 0.25) is 0 Å². The lowest BCUT2D eigenvalue weighted by Crippen LogP contribution is -2.25. The van der Waals surface area contributed by atoms with Crippen molar-refractivity contribution in [2.45, 2.75) is 20.0 Å². The monoisotopic (exact) mass is 370 g/mol. The van der Waals surface area contributed by atoms with Gasteiger partial charge in [0.05, 0.1) is 25.9 Å². The molecule has 2 aromatic rings. The smallest absolute Gasteiger partial charge is 0.385 e. The molecule has 138 valence electrons. The number of anilines is 1. The molecule has 0 bridgehead atoms. The van der Waals surface area contributed by atoms with Crippen molar-refractivity contribution in [3.05, 3.63) is 30.3 Å². The molecule has 0 aliphatic heterocycles. The van der Waals surface area contributed by atoms with Crippen LogP contribution in [0.3, 0.4) is 0 Å². The van der Waals surface area contributed by atoms with Gasteiger partial charge in [-0.25, -0.2) is 0 Å². The first-order valence-corrected chi connectivity index (χ1v) is 9.57. The van der Waals surface area contributed by atoms with Crippen molar-refractivity contribution in [1.29, 1.82) is 0 Å². The van der Waals surface area contributed by atoms with Crippen LogP contribution in [0, 0.1) is 0 Å². The van der Waals surface area contributed by atoms with Gasteiger partial charge < -0.3 is 29.0 Å². The quantitative estimate of drug-likeness (QED) is 0.544. The summed E-state index contributed by atoms with van der Waals surface area (Å²) in [6, 6.07) is 9.11. The van der Waals surface area contributed by atoms with Gasteiger partial charge in [0.25, 0.3) is 0 Å². The lowest BCUT2D eigenvalue weighted by Gasteiger charge is -2.16. The number of nitrogens with zero attached hydrogens (tertiary/aromatic N) is 1. The number of aromatic nitrogens is 1. The Kier molecular flexibility index (Phi) is 7.16. The summed E-state index contributed by atoms with van der Waals surface area (Å²) in [5.74, 6) is 0.327. The van der Waals surface area contributed by atoms with Crippen LogP contribution in [0.1, 0.15) is 13.8 Å². The Balaban J connectivity index is 2.43. The Morgan fingerprint density at radius 3 is 2.44 bits per heavy atom. The Bertz CT molecular complexity index is 696. The van der Waals surface area contributed by atoms with Crippen molar-refractivity contribution >= 4 is 18.9 Å². The van der Waals surface area contributed by atoms with Gasteiger partial charge in [-0.1, -0.05) is 18.2 Å². The Morgan fingerprint density at radius 2 is 1.88 bits per heavy atom. The van der Waals surface area contributed by atoms with Crippen molar-refractivity contribution in [1.82, 2.24) is 4.98 Å². The standard InChI is InChI=1S/C16H23N2O6P/c1-3-22-25(21,23-4-2)16-15(17-10-13(20)11-19)24-14(18-16)12-8-6-5-7-9-12/h5-9,13,17,19-20H,3-4,10-11H2,1-2H3. The maximum absolute atomic E-state index is 13.1. The average molecular weight is 370 g/mol. The molecule has 0 radical (unpaired) electrons. The molecule has 1 heterocycles. The van der Waals surface area contributed by atoms with E-state index in [0.29, 0.717) is 5.56 Å². The molecule has 1 aromatic carbocycles. The first-order chi connectivity index (χ1) is 12.0. The fourth-order valence-corrected chi connectivity index (χ4v) is 3.68. The van der Waals surface area contributed by atoms with E-state index in [-0.39, 0.29) is 37.0 Å². The molecule has 1 aromatic heterocycles. The summed E-state index contributed by atoms with van der Waals surface area (Å²) >= 11 is 0. The van der Waals surface area contributed by atoms with E-state index in [0.717, 1.165) is 0 Å². The predicted octanol–water partition coefficient (Wildman–Crippen LogP) is 2.00. The lowest BCUT2D eigenvalue weighted by molar-refractivity contribution is 0.105. The van der Waals surface area contributed by atoms with Crippen molar-refractivity contribution in [2.24, 2.45) is 0 Å². The number of oxazole rings is 1. The zero-order valence-corrected chi connectivity index (χ0v) is 15.1. The second-order valence-corrected chi connectivity index (χ2v) is 7.02. The van der Waals surface area contributed by atoms with E-state index in [4.69, 9.17) is 18.6 Å². The third kappa shape index (κ3) is 4.90. The summed E-state index contributed by atoms with van der Waals surface area (Å²) in [6.07, 6.45) is -1.00. The average Bonchev–Trinajstić information content (AvgIpc) is 3.06. The van der Waals surface area contributed by atoms with Crippen LogP contribution in [-0.4, -0.2) is 47.7 Å². The molecule has 8 nitrogen and oxygen atoms in total. The van der Waals surface area contributed by atoms with Gasteiger partial charge in [-0.2, -0.15) is 4.98 Å². The lowest BCUT2D eigenvalue weighted by atomic mass is 10.2. The van der Waals surface area contributed by atoms with Crippen LogP contribution in [-0.2, 0) is 13.6 Å². The molecular weight excluding hydrogens is 347 g/mol. The molecule has 3 N–H and O–H groups in total. The van der Waals surface area contributed by atoms with Crippen LogP contribution >= 0.6 is 7.60 Å².